The highest BCUT2D eigenvalue weighted by Crippen LogP contribution is 2.20. The molecule has 4 nitrogen and oxygen atoms in total. The van der Waals surface area contributed by atoms with Crippen molar-refractivity contribution in [1.29, 1.82) is 0 Å². The molecule has 0 spiro atoms. The van der Waals surface area contributed by atoms with E-state index in [9.17, 15) is 4.79 Å². The fourth-order valence-corrected chi connectivity index (χ4v) is 2.38. The van der Waals surface area contributed by atoms with Crippen LogP contribution in [0.3, 0.4) is 0 Å². The van der Waals surface area contributed by atoms with Gasteiger partial charge in [0.15, 0.2) is 0 Å². The SMILES string of the molecule is CCOc1ncccc1C(=O)N(C)Cc1ccccc1Br. The lowest BCUT2D eigenvalue weighted by atomic mass is 10.2. The first-order chi connectivity index (χ1) is 10.1. The molecular weight excluding hydrogens is 332 g/mol. The normalized spacial score (nSPS) is 10.2. The number of rotatable bonds is 5. The average Bonchev–Trinajstić information content (AvgIpc) is 2.50. The van der Waals surface area contributed by atoms with E-state index >= 15 is 0 Å². The summed E-state index contributed by atoms with van der Waals surface area (Å²) in [4.78, 5) is 18.3. The van der Waals surface area contributed by atoms with E-state index in [1.165, 1.54) is 0 Å². The Kier molecular flexibility index (Phi) is 5.33. The molecular formula is C16H17BrN2O2. The van der Waals surface area contributed by atoms with E-state index in [-0.39, 0.29) is 5.91 Å². The fourth-order valence-electron chi connectivity index (χ4n) is 1.96. The molecule has 2 rings (SSSR count). The Morgan fingerprint density at radius 2 is 2.05 bits per heavy atom. The fraction of sp³-hybridized carbons (Fsp3) is 0.250. The minimum absolute atomic E-state index is 0.109. The molecule has 0 aliphatic heterocycles. The Bertz CT molecular complexity index is 631. The van der Waals surface area contributed by atoms with Crippen LogP contribution in [-0.2, 0) is 6.54 Å². The summed E-state index contributed by atoms with van der Waals surface area (Å²) in [5.41, 5.74) is 1.53. The predicted octanol–water partition coefficient (Wildman–Crippen LogP) is 3.52. The van der Waals surface area contributed by atoms with Crippen LogP contribution in [0.25, 0.3) is 0 Å². The summed E-state index contributed by atoms with van der Waals surface area (Å²) in [5, 5.41) is 0. The van der Waals surface area contributed by atoms with Crippen molar-refractivity contribution in [2.24, 2.45) is 0 Å². The van der Waals surface area contributed by atoms with Crippen molar-refractivity contribution in [3.8, 4) is 5.88 Å². The molecule has 0 radical (unpaired) electrons. The number of benzene rings is 1. The molecule has 0 aliphatic carbocycles. The van der Waals surface area contributed by atoms with Crippen molar-refractivity contribution in [3.05, 3.63) is 58.2 Å². The maximum Gasteiger partial charge on any atom is 0.259 e. The topological polar surface area (TPSA) is 42.4 Å². The van der Waals surface area contributed by atoms with Gasteiger partial charge < -0.3 is 9.64 Å². The number of hydrogen-bond acceptors (Lipinski definition) is 3. The second kappa shape index (κ2) is 7.22. The summed E-state index contributed by atoms with van der Waals surface area (Å²) in [6.45, 7) is 2.86. The molecule has 21 heavy (non-hydrogen) atoms. The first-order valence-electron chi connectivity index (χ1n) is 6.70. The Balaban J connectivity index is 2.18. The maximum absolute atomic E-state index is 12.5. The summed E-state index contributed by atoms with van der Waals surface area (Å²) in [6.07, 6.45) is 1.62. The van der Waals surface area contributed by atoms with Gasteiger partial charge in [0.1, 0.15) is 5.56 Å². The quantitative estimate of drug-likeness (QED) is 0.830. The van der Waals surface area contributed by atoms with Gasteiger partial charge in [-0.1, -0.05) is 34.1 Å². The molecule has 0 fully saturated rings. The van der Waals surface area contributed by atoms with Gasteiger partial charge in [0, 0.05) is 24.3 Å². The molecule has 0 atom stereocenters. The van der Waals surface area contributed by atoms with E-state index in [2.05, 4.69) is 20.9 Å². The van der Waals surface area contributed by atoms with Crippen molar-refractivity contribution in [2.75, 3.05) is 13.7 Å². The van der Waals surface area contributed by atoms with Crippen LogP contribution in [0.5, 0.6) is 5.88 Å². The molecule has 2 aromatic rings. The lowest BCUT2D eigenvalue weighted by Crippen LogP contribution is -2.27. The van der Waals surface area contributed by atoms with Crippen LogP contribution < -0.4 is 4.74 Å². The van der Waals surface area contributed by atoms with Gasteiger partial charge in [0.25, 0.3) is 5.91 Å². The second-order valence-corrected chi connectivity index (χ2v) is 5.40. The highest BCUT2D eigenvalue weighted by Gasteiger charge is 2.18. The third-order valence-corrected chi connectivity index (χ3v) is 3.77. The Morgan fingerprint density at radius 1 is 1.29 bits per heavy atom. The average molecular weight is 349 g/mol. The van der Waals surface area contributed by atoms with E-state index in [0.717, 1.165) is 10.0 Å². The van der Waals surface area contributed by atoms with E-state index in [0.29, 0.717) is 24.6 Å². The first-order valence-corrected chi connectivity index (χ1v) is 7.49. The number of ether oxygens (including phenoxy) is 1. The Labute approximate surface area is 132 Å². The first kappa shape index (κ1) is 15.5. The van der Waals surface area contributed by atoms with Crippen LogP contribution in [0.4, 0.5) is 0 Å². The number of nitrogens with zero attached hydrogens (tertiary/aromatic N) is 2. The Morgan fingerprint density at radius 3 is 2.76 bits per heavy atom. The van der Waals surface area contributed by atoms with Gasteiger partial charge in [-0.2, -0.15) is 0 Å². The van der Waals surface area contributed by atoms with Crippen molar-refractivity contribution >= 4 is 21.8 Å². The van der Waals surface area contributed by atoms with Gasteiger partial charge >= 0.3 is 0 Å². The molecule has 0 saturated carbocycles. The zero-order valence-electron chi connectivity index (χ0n) is 12.0. The molecule has 0 saturated heterocycles. The van der Waals surface area contributed by atoms with Crippen molar-refractivity contribution in [2.45, 2.75) is 13.5 Å². The van der Waals surface area contributed by atoms with Gasteiger partial charge in [0.05, 0.1) is 6.61 Å². The summed E-state index contributed by atoms with van der Waals surface area (Å²) in [5.74, 6) is 0.270. The van der Waals surface area contributed by atoms with E-state index < -0.39 is 0 Å². The molecule has 110 valence electrons. The summed E-state index contributed by atoms with van der Waals surface area (Å²) < 4.78 is 6.40. The molecule has 1 aromatic carbocycles. The molecule has 1 heterocycles. The number of carbonyl (C=O) groups excluding carboxylic acids is 1. The summed E-state index contributed by atoms with van der Waals surface area (Å²) in [7, 11) is 1.77. The van der Waals surface area contributed by atoms with Gasteiger partial charge in [-0.15, -0.1) is 0 Å². The van der Waals surface area contributed by atoms with E-state index in [4.69, 9.17) is 4.74 Å². The number of pyridine rings is 1. The van der Waals surface area contributed by atoms with Crippen molar-refractivity contribution in [3.63, 3.8) is 0 Å². The minimum Gasteiger partial charge on any atom is -0.477 e. The summed E-state index contributed by atoms with van der Waals surface area (Å²) >= 11 is 3.49. The van der Waals surface area contributed by atoms with Crippen LogP contribution >= 0.6 is 15.9 Å². The van der Waals surface area contributed by atoms with Crippen LogP contribution in [0, 0.1) is 0 Å². The maximum atomic E-state index is 12.5. The standard InChI is InChI=1S/C16H17BrN2O2/c1-3-21-15-13(8-6-10-18-15)16(20)19(2)11-12-7-4-5-9-14(12)17/h4-10H,3,11H2,1-2H3. The predicted molar refractivity (Wildman–Crippen MR) is 85.3 cm³/mol. The van der Waals surface area contributed by atoms with Gasteiger partial charge in [0.2, 0.25) is 5.88 Å². The lowest BCUT2D eigenvalue weighted by Gasteiger charge is -2.19. The van der Waals surface area contributed by atoms with E-state index in [1.807, 2.05) is 31.2 Å². The van der Waals surface area contributed by atoms with Crippen LogP contribution in [0.2, 0.25) is 0 Å². The monoisotopic (exact) mass is 348 g/mol. The van der Waals surface area contributed by atoms with E-state index in [1.54, 1.807) is 30.3 Å². The van der Waals surface area contributed by atoms with Gasteiger partial charge in [-0.05, 0) is 30.7 Å². The van der Waals surface area contributed by atoms with Gasteiger partial charge in [-0.25, -0.2) is 4.98 Å². The number of halogens is 1. The van der Waals surface area contributed by atoms with Crippen LogP contribution in [-0.4, -0.2) is 29.4 Å². The van der Waals surface area contributed by atoms with Gasteiger partial charge in [-0.3, -0.25) is 4.79 Å². The van der Waals surface area contributed by atoms with Crippen LogP contribution in [0.15, 0.2) is 47.1 Å². The smallest absolute Gasteiger partial charge is 0.259 e. The van der Waals surface area contributed by atoms with Crippen molar-refractivity contribution in [1.82, 2.24) is 9.88 Å². The molecule has 0 aliphatic rings. The Hall–Kier alpha value is -1.88. The molecule has 1 amide bonds. The number of hydrogen-bond donors (Lipinski definition) is 0. The molecule has 0 N–H and O–H groups in total. The molecule has 5 heteroatoms. The number of aromatic nitrogens is 1. The van der Waals surface area contributed by atoms with Crippen LogP contribution in [0.1, 0.15) is 22.8 Å². The second-order valence-electron chi connectivity index (χ2n) is 4.54. The highest BCUT2D eigenvalue weighted by atomic mass is 79.9. The molecule has 0 bridgehead atoms. The zero-order valence-corrected chi connectivity index (χ0v) is 13.6. The highest BCUT2D eigenvalue weighted by molar-refractivity contribution is 9.10. The summed E-state index contributed by atoms with van der Waals surface area (Å²) in [6, 6.07) is 11.3. The number of carbonyl (C=O) groups is 1. The largest absolute Gasteiger partial charge is 0.477 e. The lowest BCUT2D eigenvalue weighted by molar-refractivity contribution is 0.0779. The molecule has 1 aromatic heterocycles. The third kappa shape index (κ3) is 3.82. The van der Waals surface area contributed by atoms with Crippen molar-refractivity contribution < 1.29 is 9.53 Å². The molecule has 0 unspecified atom stereocenters. The minimum atomic E-state index is -0.109. The zero-order chi connectivity index (χ0) is 15.2. The third-order valence-electron chi connectivity index (χ3n) is 2.99. The number of amides is 1.